The lowest BCUT2D eigenvalue weighted by atomic mass is 10.1. The zero-order valence-electron chi connectivity index (χ0n) is 14.5. The summed E-state index contributed by atoms with van der Waals surface area (Å²) in [5, 5.41) is 6.20. The fourth-order valence-electron chi connectivity index (χ4n) is 2.35. The van der Waals surface area contributed by atoms with Gasteiger partial charge in [-0.15, -0.1) is 0 Å². The van der Waals surface area contributed by atoms with Crippen molar-refractivity contribution in [2.45, 2.75) is 33.2 Å². The SMILES string of the molecule is Cc1nc(NCCN2CCOCC2)cc(C(=O)NC(C)(C)C)n1. The Balaban J connectivity index is 1.92. The maximum atomic E-state index is 12.2. The molecule has 2 heterocycles. The van der Waals surface area contributed by atoms with E-state index in [1.165, 1.54) is 0 Å². The van der Waals surface area contributed by atoms with Crippen LogP contribution in [-0.4, -0.2) is 65.7 Å². The lowest BCUT2D eigenvalue weighted by Gasteiger charge is -2.26. The van der Waals surface area contributed by atoms with Gasteiger partial charge in [0.15, 0.2) is 0 Å². The average molecular weight is 321 g/mol. The molecule has 1 amide bonds. The van der Waals surface area contributed by atoms with E-state index < -0.39 is 0 Å². The molecule has 0 bridgehead atoms. The molecule has 128 valence electrons. The third kappa shape index (κ3) is 6.11. The highest BCUT2D eigenvalue weighted by molar-refractivity contribution is 5.93. The van der Waals surface area contributed by atoms with E-state index in [-0.39, 0.29) is 11.4 Å². The van der Waals surface area contributed by atoms with Crippen LogP contribution in [0.25, 0.3) is 0 Å². The molecule has 0 spiro atoms. The Morgan fingerprint density at radius 1 is 1.30 bits per heavy atom. The largest absolute Gasteiger partial charge is 0.379 e. The van der Waals surface area contributed by atoms with E-state index in [4.69, 9.17) is 4.74 Å². The van der Waals surface area contributed by atoms with Gasteiger partial charge in [0.25, 0.3) is 5.91 Å². The molecule has 1 aromatic rings. The van der Waals surface area contributed by atoms with Gasteiger partial charge in [-0.25, -0.2) is 9.97 Å². The molecule has 0 radical (unpaired) electrons. The molecular formula is C16H27N5O2. The molecule has 1 fully saturated rings. The fraction of sp³-hybridized carbons (Fsp3) is 0.688. The van der Waals surface area contributed by atoms with Crippen molar-refractivity contribution in [2.75, 3.05) is 44.7 Å². The van der Waals surface area contributed by atoms with Gasteiger partial charge in [0.1, 0.15) is 17.3 Å². The van der Waals surface area contributed by atoms with E-state index in [0.29, 0.717) is 17.3 Å². The van der Waals surface area contributed by atoms with E-state index in [1.54, 1.807) is 13.0 Å². The summed E-state index contributed by atoms with van der Waals surface area (Å²) in [4.78, 5) is 23.2. The number of nitrogens with zero attached hydrogens (tertiary/aromatic N) is 3. The van der Waals surface area contributed by atoms with Gasteiger partial charge >= 0.3 is 0 Å². The molecule has 1 saturated heterocycles. The van der Waals surface area contributed by atoms with Crippen LogP contribution in [0.3, 0.4) is 0 Å². The number of aryl methyl sites for hydroxylation is 1. The lowest BCUT2D eigenvalue weighted by molar-refractivity contribution is 0.0398. The van der Waals surface area contributed by atoms with Gasteiger partial charge in [0, 0.05) is 37.8 Å². The van der Waals surface area contributed by atoms with Gasteiger partial charge in [-0.2, -0.15) is 0 Å². The number of ether oxygens (including phenoxy) is 1. The van der Waals surface area contributed by atoms with Crippen LogP contribution in [-0.2, 0) is 4.74 Å². The first-order valence-corrected chi connectivity index (χ1v) is 8.06. The number of aromatic nitrogens is 2. The third-order valence-corrected chi connectivity index (χ3v) is 3.40. The molecule has 2 rings (SSSR count). The summed E-state index contributed by atoms with van der Waals surface area (Å²) in [6.45, 7) is 12.8. The number of anilines is 1. The Morgan fingerprint density at radius 3 is 2.65 bits per heavy atom. The topological polar surface area (TPSA) is 79.4 Å². The summed E-state index contributed by atoms with van der Waals surface area (Å²) < 4.78 is 5.33. The van der Waals surface area contributed by atoms with Crippen LogP contribution in [0.5, 0.6) is 0 Å². The molecule has 23 heavy (non-hydrogen) atoms. The minimum atomic E-state index is -0.292. The predicted octanol–water partition coefficient (Wildman–Crippen LogP) is 1.06. The Morgan fingerprint density at radius 2 is 2.00 bits per heavy atom. The standard InChI is InChI=1S/C16H27N5O2/c1-12-18-13(15(22)20-16(2,3)4)11-14(19-12)17-5-6-21-7-9-23-10-8-21/h11H,5-10H2,1-4H3,(H,20,22)(H,17,18,19). The maximum absolute atomic E-state index is 12.2. The van der Waals surface area contributed by atoms with Crippen LogP contribution in [0.15, 0.2) is 6.07 Å². The van der Waals surface area contributed by atoms with E-state index in [1.807, 2.05) is 20.8 Å². The van der Waals surface area contributed by atoms with Gasteiger partial charge in [0.2, 0.25) is 0 Å². The van der Waals surface area contributed by atoms with Gasteiger partial charge in [-0.05, 0) is 27.7 Å². The van der Waals surface area contributed by atoms with Crippen molar-refractivity contribution in [3.05, 3.63) is 17.6 Å². The second-order valence-electron chi connectivity index (χ2n) is 6.77. The van der Waals surface area contributed by atoms with Gasteiger partial charge in [-0.1, -0.05) is 0 Å². The number of hydrogen-bond acceptors (Lipinski definition) is 6. The van der Waals surface area contributed by atoms with Crippen molar-refractivity contribution in [1.82, 2.24) is 20.2 Å². The molecular weight excluding hydrogens is 294 g/mol. The van der Waals surface area contributed by atoms with E-state index >= 15 is 0 Å². The summed E-state index contributed by atoms with van der Waals surface area (Å²) in [7, 11) is 0. The van der Waals surface area contributed by atoms with Crippen LogP contribution in [0.4, 0.5) is 5.82 Å². The first-order chi connectivity index (χ1) is 10.8. The van der Waals surface area contributed by atoms with Crippen molar-refractivity contribution >= 4 is 11.7 Å². The quantitative estimate of drug-likeness (QED) is 0.844. The molecule has 1 aliphatic heterocycles. The van der Waals surface area contributed by atoms with Crippen molar-refractivity contribution < 1.29 is 9.53 Å². The van der Waals surface area contributed by atoms with Gasteiger partial charge in [-0.3, -0.25) is 9.69 Å². The number of morpholine rings is 1. The molecule has 1 aromatic heterocycles. The second kappa shape index (κ2) is 7.70. The smallest absolute Gasteiger partial charge is 0.270 e. The summed E-state index contributed by atoms with van der Waals surface area (Å²) in [6, 6.07) is 1.70. The zero-order chi connectivity index (χ0) is 16.9. The molecule has 2 N–H and O–H groups in total. The number of hydrogen-bond donors (Lipinski definition) is 2. The molecule has 7 nitrogen and oxygen atoms in total. The number of carbonyl (C=O) groups is 1. The van der Waals surface area contributed by atoms with Crippen LogP contribution in [0.1, 0.15) is 37.1 Å². The van der Waals surface area contributed by atoms with Crippen molar-refractivity contribution in [1.29, 1.82) is 0 Å². The summed E-state index contributed by atoms with van der Waals surface area (Å²) in [5.41, 5.74) is 0.0983. The van der Waals surface area contributed by atoms with Crippen LogP contribution >= 0.6 is 0 Å². The first-order valence-electron chi connectivity index (χ1n) is 8.06. The number of amides is 1. The summed E-state index contributed by atoms with van der Waals surface area (Å²) in [5.74, 6) is 1.09. The molecule has 7 heteroatoms. The van der Waals surface area contributed by atoms with Crippen LogP contribution < -0.4 is 10.6 Å². The average Bonchev–Trinajstić information content (AvgIpc) is 2.46. The normalized spacial score (nSPS) is 16.2. The Kier molecular flexibility index (Phi) is 5.90. The second-order valence-corrected chi connectivity index (χ2v) is 6.77. The minimum absolute atomic E-state index is 0.181. The fourth-order valence-corrected chi connectivity index (χ4v) is 2.35. The Hall–Kier alpha value is -1.73. The Bertz CT molecular complexity index is 536. The minimum Gasteiger partial charge on any atom is -0.379 e. The molecule has 0 aliphatic carbocycles. The number of nitrogens with one attached hydrogen (secondary N) is 2. The zero-order valence-corrected chi connectivity index (χ0v) is 14.5. The third-order valence-electron chi connectivity index (χ3n) is 3.40. The molecule has 1 aliphatic rings. The predicted molar refractivity (Wildman–Crippen MR) is 89.7 cm³/mol. The van der Waals surface area contributed by atoms with E-state index in [2.05, 4.69) is 25.5 Å². The maximum Gasteiger partial charge on any atom is 0.270 e. The molecule has 0 aromatic carbocycles. The van der Waals surface area contributed by atoms with Crippen LogP contribution in [0.2, 0.25) is 0 Å². The highest BCUT2D eigenvalue weighted by Gasteiger charge is 2.17. The van der Waals surface area contributed by atoms with E-state index in [0.717, 1.165) is 39.4 Å². The summed E-state index contributed by atoms with van der Waals surface area (Å²) >= 11 is 0. The number of carbonyl (C=O) groups excluding carboxylic acids is 1. The van der Waals surface area contributed by atoms with Crippen molar-refractivity contribution in [3.63, 3.8) is 0 Å². The van der Waals surface area contributed by atoms with Crippen molar-refractivity contribution in [2.24, 2.45) is 0 Å². The molecule has 0 unspecified atom stereocenters. The lowest BCUT2D eigenvalue weighted by Crippen LogP contribution is -2.41. The highest BCUT2D eigenvalue weighted by atomic mass is 16.5. The van der Waals surface area contributed by atoms with Crippen LogP contribution in [0, 0.1) is 6.92 Å². The Labute approximate surface area is 137 Å². The first kappa shape index (κ1) is 17.6. The van der Waals surface area contributed by atoms with Gasteiger partial charge < -0.3 is 15.4 Å². The summed E-state index contributed by atoms with van der Waals surface area (Å²) in [6.07, 6.45) is 0. The van der Waals surface area contributed by atoms with E-state index in [9.17, 15) is 4.79 Å². The molecule has 0 saturated carbocycles. The van der Waals surface area contributed by atoms with Gasteiger partial charge in [0.05, 0.1) is 13.2 Å². The monoisotopic (exact) mass is 321 g/mol. The van der Waals surface area contributed by atoms with Crippen molar-refractivity contribution in [3.8, 4) is 0 Å². The highest BCUT2D eigenvalue weighted by Crippen LogP contribution is 2.09. The molecule has 0 atom stereocenters. The number of rotatable bonds is 5.